The Kier molecular flexibility index (Phi) is 4.47. The summed E-state index contributed by atoms with van der Waals surface area (Å²) in [7, 11) is 1.34. The zero-order chi connectivity index (χ0) is 18.3. The minimum absolute atomic E-state index is 0.144. The van der Waals surface area contributed by atoms with E-state index in [1.807, 2.05) is 41.1 Å². The van der Waals surface area contributed by atoms with E-state index >= 15 is 0 Å². The second-order valence-corrected chi connectivity index (χ2v) is 8.57. The molecule has 4 heterocycles. The Labute approximate surface area is 160 Å². The van der Waals surface area contributed by atoms with Crippen LogP contribution in [0.25, 0.3) is 6.08 Å². The molecular formula is C18H14N2O3S3. The number of carbonyl (C=O) groups is 1. The van der Waals surface area contributed by atoms with Crippen molar-refractivity contribution < 1.29 is 9.53 Å². The van der Waals surface area contributed by atoms with E-state index in [-0.39, 0.29) is 5.56 Å². The highest BCUT2D eigenvalue weighted by Crippen LogP contribution is 2.32. The number of rotatable bonds is 3. The smallest absolute Gasteiger partial charge is 0.338 e. The Hall–Kier alpha value is -2.29. The number of hydrogen-bond acceptors (Lipinski definition) is 7. The van der Waals surface area contributed by atoms with Crippen LogP contribution in [-0.2, 0) is 9.53 Å². The number of carbonyl (C=O) groups excluding carboxylic acids is 1. The van der Waals surface area contributed by atoms with E-state index in [1.165, 1.54) is 29.8 Å². The van der Waals surface area contributed by atoms with Crippen LogP contribution in [0.2, 0.25) is 0 Å². The number of allylic oxidation sites excluding steroid dienone is 1. The van der Waals surface area contributed by atoms with Crippen molar-refractivity contribution in [2.45, 2.75) is 13.0 Å². The number of nitrogens with zero attached hydrogens (tertiary/aromatic N) is 2. The highest BCUT2D eigenvalue weighted by atomic mass is 32.1. The molecule has 4 rings (SSSR count). The van der Waals surface area contributed by atoms with E-state index in [0.717, 1.165) is 9.75 Å². The van der Waals surface area contributed by atoms with Gasteiger partial charge in [-0.05, 0) is 35.9 Å². The summed E-state index contributed by atoms with van der Waals surface area (Å²) in [5, 5.41) is 3.90. The van der Waals surface area contributed by atoms with E-state index < -0.39 is 12.0 Å². The van der Waals surface area contributed by atoms with Crippen molar-refractivity contribution in [1.82, 2.24) is 4.57 Å². The number of esters is 1. The molecule has 132 valence electrons. The number of aromatic nitrogens is 1. The molecule has 3 aromatic rings. The van der Waals surface area contributed by atoms with Gasteiger partial charge in [-0.2, -0.15) is 0 Å². The van der Waals surface area contributed by atoms with E-state index in [1.54, 1.807) is 22.8 Å². The molecule has 0 aliphatic carbocycles. The lowest BCUT2D eigenvalue weighted by atomic mass is 10.0. The highest BCUT2D eigenvalue weighted by molar-refractivity contribution is 7.11. The molecule has 1 aliphatic heterocycles. The SMILES string of the molecule is COC(=O)C1=C(C)N=c2s/c(=C\c3cccs3)c(=O)n2C1c1cccs1. The lowest BCUT2D eigenvalue weighted by molar-refractivity contribution is -0.136. The Bertz CT molecular complexity index is 1170. The summed E-state index contributed by atoms with van der Waals surface area (Å²) in [6, 6.07) is 7.23. The third-order valence-electron chi connectivity index (χ3n) is 4.06. The van der Waals surface area contributed by atoms with Gasteiger partial charge in [0.1, 0.15) is 6.04 Å². The Morgan fingerprint density at radius 3 is 2.69 bits per heavy atom. The molecule has 0 saturated carbocycles. The number of methoxy groups -OCH3 is 1. The fraction of sp³-hybridized carbons (Fsp3) is 0.167. The van der Waals surface area contributed by atoms with Gasteiger partial charge in [0.25, 0.3) is 5.56 Å². The molecule has 26 heavy (non-hydrogen) atoms. The van der Waals surface area contributed by atoms with Crippen LogP contribution in [0.4, 0.5) is 0 Å². The summed E-state index contributed by atoms with van der Waals surface area (Å²) in [6.45, 7) is 1.78. The average Bonchev–Trinajstić information content (AvgIpc) is 3.37. The molecular weight excluding hydrogens is 388 g/mol. The van der Waals surface area contributed by atoms with Crippen LogP contribution in [0.5, 0.6) is 0 Å². The van der Waals surface area contributed by atoms with Crippen molar-refractivity contribution in [1.29, 1.82) is 0 Å². The van der Waals surface area contributed by atoms with Crippen LogP contribution in [0.1, 0.15) is 22.7 Å². The molecule has 0 aromatic carbocycles. The molecule has 0 bridgehead atoms. The number of ether oxygens (including phenoxy) is 1. The maximum atomic E-state index is 13.1. The third kappa shape index (κ3) is 2.80. The van der Waals surface area contributed by atoms with E-state index in [2.05, 4.69) is 4.99 Å². The normalized spacial score (nSPS) is 17.2. The summed E-state index contributed by atoms with van der Waals surface area (Å²) < 4.78 is 7.17. The molecule has 0 N–H and O–H groups in total. The standard InChI is InChI=1S/C18H14N2O3S3/c1-10-14(17(22)23-2)15(12-6-4-8-25-12)20-16(21)13(26-18(20)19-10)9-11-5-3-7-24-11/h3-9,15H,1-2H3/b13-9-. The second kappa shape index (κ2) is 6.79. The maximum absolute atomic E-state index is 13.1. The zero-order valence-corrected chi connectivity index (χ0v) is 16.4. The monoisotopic (exact) mass is 402 g/mol. The lowest BCUT2D eigenvalue weighted by Gasteiger charge is -2.22. The maximum Gasteiger partial charge on any atom is 0.338 e. The minimum Gasteiger partial charge on any atom is -0.466 e. The predicted molar refractivity (Wildman–Crippen MR) is 104 cm³/mol. The van der Waals surface area contributed by atoms with Crippen molar-refractivity contribution >= 4 is 46.1 Å². The molecule has 0 radical (unpaired) electrons. The van der Waals surface area contributed by atoms with Gasteiger partial charge in [0.15, 0.2) is 4.80 Å². The van der Waals surface area contributed by atoms with Gasteiger partial charge in [0, 0.05) is 9.75 Å². The van der Waals surface area contributed by atoms with Gasteiger partial charge in [-0.25, -0.2) is 9.79 Å². The van der Waals surface area contributed by atoms with Crippen molar-refractivity contribution in [3.63, 3.8) is 0 Å². The molecule has 0 amide bonds. The van der Waals surface area contributed by atoms with Crippen molar-refractivity contribution in [2.24, 2.45) is 4.99 Å². The average molecular weight is 403 g/mol. The molecule has 3 aromatic heterocycles. The first-order chi connectivity index (χ1) is 12.6. The van der Waals surface area contributed by atoms with Crippen LogP contribution >= 0.6 is 34.0 Å². The summed E-state index contributed by atoms with van der Waals surface area (Å²) >= 11 is 4.41. The molecule has 0 saturated heterocycles. The van der Waals surface area contributed by atoms with Gasteiger partial charge in [-0.3, -0.25) is 9.36 Å². The first kappa shape index (κ1) is 17.1. The third-order valence-corrected chi connectivity index (χ3v) is 6.78. The first-order valence-electron chi connectivity index (χ1n) is 7.78. The van der Waals surface area contributed by atoms with Crippen molar-refractivity contribution in [3.8, 4) is 0 Å². The van der Waals surface area contributed by atoms with Crippen molar-refractivity contribution in [2.75, 3.05) is 7.11 Å². The van der Waals surface area contributed by atoms with Crippen LogP contribution in [0.3, 0.4) is 0 Å². The van der Waals surface area contributed by atoms with Crippen molar-refractivity contribution in [3.05, 3.63) is 75.7 Å². The van der Waals surface area contributed by atoms with E-state index in [9.17, 15) is 9.59 Å². The fourth-order valence-corrected chi connectivity index (χ4v) is 5.50. The van der Waals surface area contributed by atoms with Gasteiger partial charge in [-0.15, -0.1) is 22.7 Å². The summed E-state index contributed by atoms with van der Waals surface area (Å²) in [4.78, 5) is 32.6. The molecule has 5 nitrogen and oxygen atoms in total. The zero-order valence-electron chi connectivity index (χ0n) is 14.0. The largest absolute Gasteiger partial charge is 0.466 e. The Balaban J connectivity index is 2.00. The quantitative estimate of drug-likeness (QED) is 0.633. The van der Waals surface area contributed by atoms with Gasteiger partial charge in [0.2, 0.25) is 0 Å². The summed E-state index contributed by atoms with van der Waals surface area (Å²) in [5.41, 5.74) is 0.846. The predicted octanol–water partition coefficient (Wildman–Crippen LogP) is 2.53. The van der Waals surface area contributed by atoms with Crippen LogP contribution < -0.4 is 14.9 Å². The van der Waals surface area contributed by atoms with Gasteiger partial charge < -0.3 is 4.74 Å². The molecule has 0 spiro atoms. The number of fused-ring (bicyclic) bond motifs is 1. The second-order valence-electron chi connectivity index (χ2n) is 5.60. The topological polar surface area (TPSA) is 60.7 Å². The summed E-state index contributed by atoms with van der Waals surface area (Å²) in [5.74, 6) is -0.461. The minimum atomic E-state index is -0.510. The van der Waals surface area contributed by atoms with E-state index in [4.69, 9.17) is 4.74 Å². The van der Waals surface area contributed by atoms with Crippen LogP contribution in [0, 0.1) is 0 Å². The molecule has 1 aliphatic rings. The van der Waals surface area contributed by atoms with Gasteiger partial charge >= 0.3 is 5.97 Å². The Morgan fingerprint density at radius 2 is 2.04 bits per heavy atom. The fourth-order valence-electron chi connectivity index (χ4n) is 2.91. The van der Waals surface area contributed by atoms with Gasteiger partial charge in [-0.1, -0.05) is 23.5 Å². The lowest BCUT2D eigenvalue weighted by Crippen LogP contribution is -2.39. The Morgan fingerprint density at radius 1 is 1.27 bits per heavy atom. The van der Waals surface area contributed by atoms with E-state index in [0.29, 0.717) is 20.6 Å². The summed E-state index contributed by atoms with van der Waals surface area (Å²) in [6.07, 6.45) is 1.87. The number of hydrogen-bond donors (Lipinski definition) is 0. The number of thiophene rings is 2. The van der Waals surface area contributed by atoms with Crippen LogP contribution in [-0.4, -0.2) is 17.6 Å². The molecule has 1 unspecified atom stereocenters. The molecule has 0 fully saturated rings. The number of thiazole rings is 1. The molecule has 1 atom stereocenters. The first-order valence-corrected chi connectivity index (χ1v) is 10.4. The molecule has 8 heteroatoms. The highest BCUT2D eigenvalue weighted by Gasteiger charge is 2.33. The van der Waals surface area contributed by atoms with Crippen LogP contribution in [0.15, 0.2) is 56.1 Å². The van der Waals surface area contributed by atoms with Gasteiger partial charge in [0.05, 0.1) is 22.9 Å².